The fourth-order valence-electron chi connectivity index (χ4n) is 3.94. The summed E-state index contributed by atoms with van der Waals surface area (Å²) in [4.78, 5) is 14.7. The van der Waals surface area contributed by atoms with Crippen molar-refractivity contribution in [2.45, 2.75) is 43.7 Å². The number of likely N-dealkylation sites (tertiary alicyclic amines) is 1. The first-order valence-corrected chi connectivity index (χ1v) is 8.44. The Bertz CT molecular complexity index is 613. The van der Waals surface area contributed by atoms with Crippen molar-refractivity contribution >= 4 is 5.91 Å². The molecule has 3 unspecified atom stereocenters. The molecular formula is C18H23NO4. The number of ether oxygens (including phenoxy) is 2. The van der Waals surface area contributed by atoms with E-state index >= 15 is 0 Å². The molecule has 124 valence electrons. The number of rotatable bonds is 4. The van der Waals surface area contributed by atoms with Gasteiger partial charge >= 0.3 is 0 Å². The lowest BCUT2D eigenvalue weighted by molar-refractivity contribution is -0.133. The number of benzene rings is 1. The summed E-state index contributed by atoms with van der Waals surface area (Å²) in [6.45, 7) is 1.03. The van der Waals surface area contributed by atoms with Gasteiger partial charge in [-0.05, 0) is 31.2 Å². The molecular weight excluding hydrogens is 294 g/mol. The Morgan fingerprint density at radius 3 is 3.00 bits per heavy atom. The highest BCUT2D eigenvalue weighted by molar-refractivity contribution is 5.78. The first-order valence-electron chi connectivity index (χ1n) is 8.44. The second kappa shape index (κ2) is 5.71. The Morgan fingerprint density at radius 1 is 1.43 bits per heavy atom. The number of methoxy groups -OCH3 is 1. The Kier molecular flexibility index (Phi) is 3.68. The predicted molar refractivity (Wildman–Crippen MR) is 84.7 cm³/mol. The number of nitrogens with zero attached hydrogens (tertiary/aromatic N) is 1. The molecule has 5 heteroatoms. The van der Waals surface area contributed by atoms with Crippen LogP contribution >= 0.6 is 0 Å². The Morgan fingerprint density at radius 2 is 2.26 bits per heavy atom. The molecule has 0 aromatic heterocycles. The second-order valence-corrected chi connectivity index (χ2v) is 6.96. The third-order valence-electron chi connectivity index (χ3n) is 5.33. The zero-order valence-corrected chi connectivity index (χ0v) is 13.4. The highest BCUT2D eigenvalue weighted by Gasteiger charge is 2.43. The molecule has 2 fully saturated rings. The van der Waals surface area contributed by atoms with Crippen molar-refractivity contribution in [1.82, 2.24) is 4.90 Å². The first-order chi connectivity index (χ1) is 11.2. The van der Waals surface area contributed by atoms with E-state index in [-0.39, 0.29) is 24.0 Å². The normalized spacial score (nSPS) is 29.3. The summed E-state index contributed by atoms with van der Waals surface area (Å²) < 4.78 is 10.9. The van der Waals surface area contributed by atoms with Crippen LogP contribution in [0.3, 0.4) is 0 Å². The largest absolute Gasteiger partial charge is 0.497 e. The first kappa shape index (κ1) is 14.8. The predicted octanol–water partition coefficient (Wildman–Crippen LogP) is 1.93. The summed E-state index contributed by atoms with van der Waals surface area (Å²) in [6, 6.07) is 6.04. The van der Waals surface area contributed by atoms with Gasteiger partial charge in [-0.15, -0.1) is 0 Å². The topological polar surface area (TPSA) is 59.0 Å². The lowest BCUT2D eigenvalue weighted by atomic mass is 9.96. The van der Waals surface area contributed by atoms with Gasteiger partial charge in [0.25, 0.3) is 0 Å². The van der Waals surface area contributed by atoms with Gasteiger partial charge in [0.05, 0.1) is 19.8 Å². The Labute approximate surface area is 136 Å². The fourth-order valence-corrected chi connectivity index (χ4v) is 3.94. The van der Waals surface area contributed by atoms with Crippen LogP contribution in [0.5, 0.6) is 11.5 Å². The van der Waals surface area contributed by atoms with E-state index in [0.717, 1.165) is 23.5 Å². The molecule has 4 rings (SSSR count). The van der Waals surface area contributed by atoms with Crippen LogP contribution in [-0.2, 0) is 4.79 Å². The van der Waals surface area contributed by atoms with E-state index in [0.29, 0.717) is 25.5 Å². The van der Waals surface area contributed by atoms with E-state index in [4.69, 9.17) is 9.47 Å². The minimum atomic E-state index is -0.360. The molecule has 2 heterocycles. The van der Waals surface area contributed by atoms with Crippen LogP contribution in [0, 0.1) is 5.92 Å². The molecule has 0 radical (unpaired) electrons. The smallest absolute Gasteiger partial charge is 0.223 e. The molecule has 1 saturated carbocycles. The van der Waals surface area contributed by atoms with Crippen LogP contribution in [0.4, 0.5) is 0 Å². The van der Waals surface area contributed by atoms with Crippen LogP contribution in [-0.4, -0.2) is 48.3 Å². The van der Waals surface area contributed by atoms with Gasteiger partial charge in [-0.2, -0.15) is 0 Å². The number of β-amino-alcohol motifs (C(OH)–C–C–N with tert-alkyl or cyclic N) is 1. The lowest BCUT2D eigenvalue weighted by Gasteiger charge is -2.25. The molecule has 3 aliphatic rings. The van der Waals surface area contributed by atoms with Crippen LogP contribution in [0.1, 0.15) is 37.2 Å². The third kappa shape index (κ3) is 2.78. The average Bonchev–Trinajstić information content (AvgIpc) is 3.22. The van der Waals surface area contributed by atoms with E-state index in [1.54, 1.807) is 7.11 Å². The number of hydrogen-bond donors (Lipinski definition) is 1. The number of aliphatic hydroxyl groups is 1. The van der Waals surface area contributed by atoms with Gasteiger partial charge in [0.15, 0.2) is 0 Å². The zero-order chi connectivity index (χ0) is 16.0. The van der Waals surface area contributed by atoms with Crippen molar-refractivity contribution in [2.75, 3.05) is 20.3 Å². The average molecular weight is 317 g/mol. The van der Waals surface area contributed by atoms with E-state index < -0.39 is 0 Å². The SMILES string of the molecule is COc1ccc2c(c1)OCC2CC(=O)N1CC(O)CC1C1CC1. The maximum absolute atomic E-state index is 12.8. The lowest BCUT2D eigenvalue weighted by Crippen LogP contribution is -2.38. The van der Waals surface area contributed by atoms with E-state index in [2.05, 4.69) is 0 Å². The van der Waals surface area contributed by atoms with Crippen molar-refractivity contribution in [2.24, 2.45) is 5.92 Å². The van der Waals surface area contributed by atoms with Gasteiger partial charge in [0.1, 0.15) is 11.5 Å². The molecule has 23 heavy (non-hydrogen) atoms. The molecule has 2 aliphatic heterocycles. The number of hydrogen-bond acceptors (Lipinski definition) is 4. The fraction of sp³-hybridized carbons (Fsp3) is 0.611. The molecule has 1 aromatic rings. The van der Waals surface area contributed by atoms with Gasteiger partial charge in [0, 0.05) is 36.6 Å². The molecule has 1 amide bonds. The number of amides is 1. The number of carbonyl (C=O) groups is 1. The number of fused-ring (bicyclic) bond motifs is 1. The van der Waals surface area contributed by atoms with Gasteiger partial charge in [0.2, 0.25) is 5.91 Å². The van der Waals surface area contributed by atoms with Gasteiger partial charge in [-0.25, -0.2) is 0 Å². The zero-order valence-electron chi connectivity index (χ0n) is 13.4. The highest BCUT2D eigenvalue weighted by atomic mass is 16.5. The molecule has 1 N–H and O–H groups in total. The molecule has 0 bridgehead atoms. The van der Waals surface area contributed by atoms with Crippen LogP contribution in [0.25, 0.3) is 0 Å². The maximum Gasteiger partial charge on any atom is 0.223 e. The summed E-state index contributed by atoms with van der Waals surface area (Å²) in [7, 11) is 1.63. The van der Waals surface area contributed by atoms with Crippen molar-refractivity contribution in [3.05, 3.63) is 23.8 Å². The summed E-state index contributed by atoms with van der Waals surface area (Å²) >= 11 is 0. The molecule has 1 aliphatic carbocycles. The van der Waals surface area contributed by atoms with Crippen LogP contribution in [0.2, 0.25) is 0 Å². The van der Waals surface area contributed by atoms with Crippen LogP contribution < -0.4 is 9.47 Å². The van der Waals surface area contributed by atoms with Gasteiger partial charge in [-0.1, -0.05) is 6.07 Å². The van der Waals surface area contributed by atoms with E-state index in [9.17, 15) is 9.90 Å². The van der Waals surface area contributed by atoms with Gasteiger partial charge in [-0.3, -0.25) is 4.79 Å². The van der Waals surface area contributed by atoms with Crippen molar-refractivity contribution in [3.8, 4) is 11.5 Å². The maximum atomic E-state index is 12.8. The monoisotopic (exact) mass is 317 g/mol. The number of aliphatic hydroxyl groups excluding tert-OH is 1. The number of carbonyl (C=O) groups excluding carboxylic acids is 1. The second-order valence-electron chi connectivity index (χ2n) is 6.96. The van der Waals surface area contributed by atoms with E-state index in [1.807, 2.05) is 23.1 Å². The quantitative estimate of drug-likeness (QED) is 0.922. The van der Waals surface area contributed by atoms with Crippen molar-refractivity contribution in [1.29, 1.82) is 0 Å². The summed E-state index contributed by atoms with van der Waals surface area (Å²) in [6.07, 6.45) is 3.22. The van der Waals surface area contributed by atoms with Crippen molar-refractivity contribution < 1.29 is 19.4 Å². The minimum Gasteiger partial charge on any atom is -0.497 e. The van der Waals surface area contributed by atoms with E-state index in [1.165, 1.54) is 12.8 Å². The summed E-state index contributed by atoms with van der Waals surface area (Å²) in [5, 5.41) is 9.94. The van der Waals surface area contributed by atoms with Gasteiger partial charge < -0.3 is 19.5 Å². The Balaban J connectivity index is 1.46. The molecule has 1 aromatic carbocycles. The molecule has 3 atom stereocenters. The Hall–Kier alpha value is -1.75. The van der Waals surface area contributed by atoms with Crippen LogP contribution in [0.15, 0.2) is 18.2 Å². The third-order valence-corrected chi connectivity index (χ3v) is 5.33. The summed E-state index contributed by atoms with van der Waals surface area (Å²) in [5.74, 6) is 2.44. The standard InChI is InChI=1S/C18H23NO4/c1-22-14-4-5-15-12(10-23-17(15)8-14)6-18(21)19-9-13(20)7-16(19)11-2-3-11/h4-5,8,11-13,16,20H,2-3,6-7,9-10H2,1H3. The highest BCUT2D eigenvalue weighted by Crippen LogP contribution is 2.42. The summed E-state index contributed by atoms with van der Waals surface area (Å²) in [5.41, 5.74) is 1.09. The molecule has 1 saturated heterocycles. The molecule has 5 nitrogen and oxygen atoms in total. The molecule has 0 spiro atoms. The van der Waals surface area contributed by atoms with Crippen molar-refractivity contribution in [3.63, 3.8) is 0 Å². The minimum absolute atomic E-state index is 0.0982.